The van der Waals surface area contributed by atoms with Gasteiger partial charge >= 0.3 is 0 Å². The molecule has 0 aliphatic rings. The molecule has 1 aromatic heterocycles. The summed E-state index contributed by atoms with van der Waals surface area (Å²) in [5, 5.41) is 14.3. The first-order valence-corrected chi connectivity index (χ1v) is 9.84. The van der Waals surface area contributed by atoms with Crippen molar-refractivity contribution in [2.75, 3.05) is 18.5 Å². The highest BCUT2D eigenvalue weighted by Crippen LogP contribution is 2.29. The predicted octanol–water partition coefficient (Wildman–Crippen LogP) is 3.81. The Labute approximate surface area is 175 Å². The molecule has 3 rings (SSSR count). The fraction of sp³-hybridized carbons (Fsp3) is 0.273. The van der Waals surface area contributed by atoms with Crippen molar-refractivity contribution in [1.29, 1.82) is 0 Å². The molecule has 0 saturated heterocycles. The number of aromatic nitrogens is 4. The van der Waals surface area contributed by atoms with Crippen LogP contribution in [0.1, 0.15) is 31.7 Å². The molecule has 1 amide bonds. The molecule has 0 unspecified atom stereocenters. The first kappa shape index (κ1) is 21.0. The van der Waals surface area contributed by atoms with Gasteiger partial charge in [0.25, 0.3) is 0 Å². The lowest BCUT2D eigenvalue weighted by Gasteiger charge is -2.12. The molecule has 0 fully saturated rings. The second-order valence-electron chi connectivity index (χ2n) is 6.50. The largest absolute Gasteiger partial charge is 0.490 e. The van der Waals surface area contributed by atoms with E-state index in [4.69, 9.17) is 9.47 Å². The fourth-order valence-electron chi connectivity index (χ4n) is 2.77. The number of carbonyl (C=O) groups excluding carboxylic acids is 1. The third-order valence-electron chi connectivity index (χ3n) is 4.14. The molecule has 1 N–H and O–H groups in total. The molecule has 0 aliphatic heterocycles. The molecule has 0 saturated carbocycles. The Morgan fingerprint density at radius 3 is 2.73 bits per heavy atom. The summed E-state index contributed by atoms with van der Waals surface area (Å²) in [7, 11) is 0. The van der Waals surface area contributed by atoms with Crippen LogP contribution < -0.4 is 14.8 Å². The average molecular weight is 407 g/mol. The number of hydrogen-bond acceptors (Lipinski definition) is 6. The molecule has 8 heteroatoms. The number of tetrazole rings is 1. The van der Waals surface area contributed by atoms with Gasteiger partial charge in [0.05, 0.1) is 18.9 Å². The standard InChI is InChI=1S/C22H25N5O3/c1-4-13-30-20-11-9-17(14-21(20)29-5-2)10-12-22(28)23-18-7-6-8-19(15-18)27-16(3)24-25-26-27/h6-12,14-15H,4-5,13H2,1-3H3,(H,23,28)/b12-10+. The van der Waals surface area contributed by atoms with E-state index in [0.29, 0.717) is 36.2 Å². The minimum absolute atomic E-state index is 0.246. The van der Waals surface area contributed by atoms with E-state index >= 15 is 0 Å². The van der Waals surface area contributed by atoms with E-state index in [1.165, 1.54) is 6.08 Å². The van der Waals surface area contributed by atoms with Gasteiger partial charge in [0, 0.05) is 11.8 Å². The van der Waals surface area contributed by atoms with Gasteiger partial charge in [-0.2, -0.15) is 4.68 Å². The van der Waals surface area contributed by atoms with Crippen LogP contribution in [0.25, 0.3) is 11.8 Å². The summed E-state index contributed by atoms with van der Waals surface area (Å²) >= 11 is 0. The molecule has 3 aromatic rings. The Kier molecular flexibility index (Phi) is 7.15. The normalized spacial score (nSPS) is 10.9. The SMILES string of the molecule is CCCOc1ccc(/C=C/C(=O)Nc2cccc(-n3nnnc3C)c2)cc1OCC. The third kappa shape index (κ3) is 5.44. The number of rotatable bonds is 9. The van der Waals surface area contributed by atoms with Gasteiger partial charge in [-0.15, -0.1) is 5.10 Å². The van der Waals surface area contributed by atoms with Crippen LogP contribution in [0.4, 0.5) is 5.69 Å². The average Bonchev–Trinajstić information content (AvgIpc) is 3.18. The molecule has 0 aliphatic carbocycles. The summed E-state index contributed by atoms with van der Waals surface area (Å²) in [5.74, 6) is 1.78. The van der Waals surface area contributed by atoms with E-state index in [1.54, 1.807) is 10.8 Å². The highest BCUT2D eigenvalue weighted by Gasteiger charge is 2.07. The molecule has 0 atom stereocenters. The predicted molar refractivity (Wildman–Crippen MR) is 115 cm³/mol. The topological polar surface area (TPSA) is 91.2 Å². The zero-order valence-corrected chi connectivity index (χ0v) is 17.3. The smallest absolute Gasteiger partial charge is 0.248 e. The van der Waals surface area contributed by atoms with Crippen molar-refractivity contribution in [3.05, 3.63) is 59.9 Å². The molecule has 1 heterocycles. The maximum Gasteiger partial charge on any atom is 0.248 e. The third-order valence-corrected chi connectivity index (χ3v) is 4.14. The van der Waals surface area contributed by atoms with Gasteiger partial charge in [-0.3, -0.25) is 4.79 Å². The van der Waals surface area contributed by atoms with Crippen molar-refractivity contribution in [2.24, 2.45) is 0 Å². The molecule has 2 aromatic carbocycles. The number of benzene rings is 2. The fourth-order valence-corrected chi connectivity index (χ4v) is 2.77. The van der Waals surface area contributed by atoms with Crippen LogP contribution in [-0.2, 0) is 4.79 Å². The summed E-state index contributed by atoms with van der Waals surface area (Å²) in [6.45, 7) is 6.94. The van der Waals surface area contributed by atoms with Gasteiger partial charge in [0.15, 0.2) is 17.3 Å². The van der Waals surface area contributed by atoms with Crippen molar-refractivity contribution in [1.82, 2.24) is 20.2 Å². The number of hydrogen-bond donors (Lipinski definition) is 1. The lowest BCUT2D eigenvalue weighted by Crippen LogP contribution is -2.08. The Hall–Kier alpha value is -3.68. The molecule has 156 valence electrons. The van der Waals surface area contributed by atoms with E-state index in [9.17, 15) is 4.79 Å². The van der Waals surface area contributed by atoms with Gasteiger partial charge < -0.3 is 14.8 Å². The van der Waals surface area contributed by atoms with Crippen LogP contribution in [0.2, 0.25) is 0 Å². The Morgan fingerprint density at radius 1 is 1.13 bits per heavy atom. The van der Waals surface area contributed by atoms with Crippen LogP contribution in [0, 0.1) is 6.92 Å². The van der Waals surface area contributed by atoms with Crippen molar-refractivity contribution in [2.45, 2.75) is 27.2 Å². The number of nitrogens with zero attached hydrogens (tertiary/aromatic N) is 4. The molecule has 0 radical (unpaired) electrons. The maximum absolute atomic E-state index is 12.4. The van der Waals surface area contributed by atoms with E-state index in [0.717, 1.165) is 17.7 Å². The number of anilines is 1. The molecule has 30 heavy (non-hydrogen) atoms. The Morgan fingerprint density at radius 2 is 2.00 bits per heavy atom. The summed E-state index contributed by atoms with van der Waals surface area (Å²) < 4.78 is 13.0. The van der Waals surface area contributed by atoms with Gasteiger partial charge in [-0.1, -0.05) is 19.1 Å². The number of amides is 1. The van der Waals surface area contributed by atoms with Crippen LogP contribution in [0.5, 0.6) is 11.5 Å². The minimum Gasteiger partial charge on any atom is -0.490 e. The number of nitrogens with one attached hydrogen (secondary N) is 1. The van der Waals surface area contributed by atoms with Crippen LogP contribution >= 0.6 is 0 Å². The number of ether oxygens (including phenoxy) is 2. The van der Waals surface area contributed by atoms with Crippen molar-refractivity contribution in [3.8, 4) is 17.2 Å². The zero-order chi connectivity index (χ0) is 21.3. The van der Waals surface area contributed by atoms with Crippen molar-refractivity contribution >= 4 is 17.7 Å². The summed E-state index contributed by atoms with van der Waals surface area (Å²) in [5.41, 5.74) is 2.26. The summed E-state index contributed by atoms with van der Waals surface area (Å²) in [4.78, 5) is 12.4. The minimum atomic E-state index is -0.246. The maximum atomic E-state index is 12.4. The number of carbonyl (C=O) groups is 1. The summed E-state index contributed by atoms with van der Waals surface area (Å²) in [6.07, 6.45) is 4.13. The lowest BCUT2D eigenvalue weighted by atomic mass is 10.2. The Balaban J connectivity index is 1.69. The summed E-state index contributed by atoms with van der Waals surface area (Å²) in [6, 6.07) is 12.9. The van der Waals surface area contributed by atoms with Crippen LogP contribution in [0.3, 0.4) is 0 Å². The first-order chi connectivity index (χ1) is 14.6. The lowest BCUT2D eigenvalue weighted by molar-refractivity contribution is -0.111. The molecular weight excluding hydrogens is 382 g/mol. The quantitative estimate of drug-likeness (QED) is 0.543. The number of aryl methyl sites for hydroxylation is 1. The van der Waals surface area contributed by atoms with Crippen molar-refractivity contribution in [3.63, 3.8) is 0 Å². The van der Waals surface area contributed by atoms with E-state index < -0.39 is 0 Å². The molecule has 0 spiro atoms. The van der Waals surface area contributed by atoms with Crippen LogP contribution in [-0.4, -0.2) is 39.3 Å². The van der Waals surface area contributed by atoms with Crippen LogP contribution in [0.15, 0.2) is 48.5 Å². The van der Waals surface area contributed by atoms with E-state index in [2.05, 4.69) is 27.8 Å². The second-order valence-corrected chi connectivity index (χ2v) is 6.50. The van der Waals surface area contributed by atoms with Gasteiger partial charge in [0.2, 0.25) is 5.91 Å². The highest BCUT2D eigenvalue weighted by atomic mass is 16.5. The van der Waals surface area contributed by atoms with Gasteiger partial charge in [0.1, 0.15) is 0 Å². The molecule has 0 bridgehead atoms. The molecular formula is C22H25N5O3. The zero-order valence-electron chi connectivity index (χ0n) is 17.3. The van der Waals surface area contributed by atoms with Crippen molar-refractivity contribution < 1.29 is 14.3 Å². The second kappa shape index (κ2) is 10.2. The Bertz CT molecular complexity index is 1030. The highest BCUT2D eigenvalue weighted by molar-refractivity contribution is 6.02. The van der Waals surface area contributed by atoms with Gasteiger partial charge in [-0.05, 0) is 72.7 Å². The van der Waals surface area contributed by atoms with Gasteiger partial charge in [-0.25, -0.2) is 0 Å². The van der Waals surface area contributed by atoms with E-state index in [-0.39, 0.29) is 5.91 Å². The van der Waals surface area contributed by atoms with E-state index in [1.807, 2.05) is 56.3 Å². The monoisotopic (exact) mass is 407 g/mol. The first-order valence-electron chi connectivity index (χ1n) is 9.84. The molecule has 8 nitrogen and oxygen atoms in total.